The summed E-state index contributed by atoms with van der Waals surface area (Å²) >= 11 is 3.39. The molecule has 4 nitrogen and oxygen atoms in total. The molecule has 1 amide bonds. The molecule has 1 N–H and O–H groups in total. The number of rotatable bonds is 4. The molecule has 116 valence electrons. The number of benzene rings is 1. The highest BCUT2D eigenvalue weighted by molar-refractivity contribution is 9.10. The van der Waals surface area contributed by atoms with Crippen LogP contribution in [0.4, 0.5) is 11.4 Å². The van der Waals surface area contributed by atoms with Gasteiger partial charge in [0.2, 0.25) is 5.91 Å². The quantitative estimate of drug-likeness (QED) is 0.899. The summed E-state index contributed by atoms with van der Waals surface area (Å²) in [6.07, 6.45) is 3.46. The Kier molecular flexibility index (Phi) is 5.19. The van der Waals surface area contributed by atoms with Crippen molar-refractivity contribution < 1.29 is 4.79 Å². The minimum absolute atomic E-state index is 0.0440. The molecule has 1 heterocycles. The number of hydrogen-bond donors (Lipinski definition) is 1. The molecule has 0 radical (unpaired) electrons. The highest BCUT2D eigenvalue weighted by Crippen LogP contribution is 2.22. The summed E-state index contributed by atoms with van der Waals surface area (Å²) in [6.45, 7) is 6.35. The topological polar surface area (TPSA) is 45.2 Å². The highest BCUT2D eigenvalue weighted by Gasteiger charge is 2.11. The molecule has 5 heteroatoms. The summed E-state index contributed by atoms with van der Waals surface area (Å²) in [6, 6.07) is 6.08. The maximum absolute atomic E-state index is 12.3. The van der Waals surface area contributed by atoms with Gasteiger partial charge in [-0.1, -0.05) is 17.7 Å². The number of nitrogens with one attached hydrogen (secondary N) is 1. The second-order valence-corrected chi connectivity index (χ2v) is 6.45. The van der Waals surface area contributed by atoms with E-state index in [1.807, 2.05) is 31.9 Å². The molecule has 0 bridgehead atoms. The van der Waals surface area contributed by atoms with Gasteiger partial charge >= 0.3 is 0 Å². The third-order valence-electron chi connectivity index (χ3n) is 3.45. The number of pyridine rings is 1. The van der Waals surface area contributed by atoms with Crippen molar-refractivity contribution in [1.29, 1.82) is 0 Å². The van der Waals surface area contributed by atoms with Gasteiger partial charge in [-0.3, -0.25) is 9.78 Å². The van der Waals surface area contributed by atoms with E-state index >= 15 is 0 Å². The minimum atomic E-state index is -0.0440. The average Bonchev–Trinajstić information content (AvgIpc) is 2.42. The van der Waals surface area contributed by atoms with E-state index in [1.54, 1.807) is 12.4 Å². The standard InChI is InChI=1S/C17H20BrN3O/c1-11-5-12(2)17(13(3)6-11)20-16(22)10-21(4)15-7-14(18)8-19-9-15/h5-9H,10H2,1-4H3,(H,20,22). The van der Waals surface area contributed by atoms with Crippen LogP contribution in [-0.4, -0.2) is 24.5 Å². The van der Waals surface area contributed by atoms with Gasteiger partial charge in [0.15, 0.2) is 0 Å². The smallest absolute Gasteiger partial charge is 0.243 e. The average molecular weight is 362 g/mol. The number of carbonyl (C=O) groups excluding carboxylic acids is 1. The van der Waals surface area contributed by atoms with Gasteiger partial charge in [0, 0.05) is 23.4 Å². The van der Waals surface area contributed by atoms with E-state index in [1.165, 1.54) is 5.56 Å². The molecule has 2 aromatic rings. The van der Waals surface area contributed by atoms with E-state index in [4.69, 9.17) is 0 Å². The molecule has 2 rings (SSSR count). The van der Waals surface area contributed by atoms with Crippen molar-refractivity contribution in [2.24, 2.45) is 0 Å². The Hall–Kier alpha value is -1.88. The van der Waals surface area contributed by atoms with E-state index in [0.717, 1.165) is 27.0 Å². The number of likely N-dealkylation sites (N-methyl/N-ethyl adjacent to an activating group) is 1. The SMILES string of the molecule is Cc1cc(C)c(NC(=O)CN(C)c2cncc(Br)c2)c(C)c1. The lowest BCUT2D eigenvalue weighted by atomic mass is 10.1. The molecule has 22 heavy (non-hydrogen) atoms. The van der Waals surface area contributed by atoms with Gasteiger partial charge < -0.3 is 10.2 Å². The van der Waals surface area contributed by atoms with E-state index in [2.05, 4.69) is 45.3 Å². The van der Waals surface area contributed by atoms with Gasteiger partial charge in [-0.25, -0.2) is 0 Å². The molecule has 0 aliphatic rings. The van der Waals surface area contributed by atoms with Gasteiger partial charge in [0.25, 0.3) is 0 Å². The minimum Gasteiger partial charge on any atom is -0.364 e. The molecule has 1 aromatic carbocycles. The maximum Gasteiger partial charge on any atom is 0.243 e. The Balaban J connectivity index is 2.07. The number of amides is 1. The van der Waals surface area contributed by atoms with Crippen molar-refractivity contribution in [1.82, 2.24) is 4.98 Å². The van der Waals surface area contributed by atoms with Gasteiger partial charge in [0.1, 0.15) is 0 Å². The van der Waals surface area contributed by atoms with Crippen LogP contribution in [0.3, 0.4) is 0 Å². The van der Waals surface area contributed by atoms with Crippen molar-refractivity contribution in [2.45, 2.75) is 20.8 Å². The highest BCUT2D eigenvalue weighted by atomic mass is 79.9. The van der Waals surface area contributed by atoms with Crippen molar-refractivity contribution >= 4 is 33.2 Å². The Bertz CT molecular complexity index is 677. The molecule has 0 fully saturated rings. The van der Waals surface area contributed by atoms with Crippen molar-refractivity contribution in [3.05, 3.63) is 51.8 Å². The Morgan fingerprint density at radius 2 is 1.82 bits per heavy atom. The van der Waals surface area contributed by atoms with E-state index in [9.17, 15) is 4.79 Å². The van der Waals surface area contributed by atoms with E-state index < -0.39 is 0 Å². The zero-order valence-corrected chi connectivity index (χ0v) is 14.9. The molecule has 0 unspecified atom stereocenters. The first-order valence-electron chi connectivity index (χ1n) is 7.06. The van der Waals surface area contributed by atoms with Gasteiger partial charge in [-0.2, -0.15) is 0 Å². The predicted octanol–water partition coefficient (Wildman–Crippen LogP) is 3.84. The molecule has 0 aliphatic heterocycles. The Morgan fingerprint density at radius 1 is 1.18 bits per heavy atom. The monoisotopic (exact) mass is 361 g/mol. The maximum atomic E-state index is 12.3. The van der Waals surface area contributed by atoms with Crippen LogP contribution < -0.4 is 10.2 Å². The van der Waals surface area contributed by atoms with Crippen LogP contribution in [0.15, 0.2) is 35.1 Å². The molecule has 0 aliphatic carbocycles. The summed E-state index contributed by atoms with van der Waals surface area (Å²) in [5.41, 5.74) is 5.15. The zero-order chi connectivity index (χ0) is 16.3. The van der Waals surface area contributed by atoms with Crippen molar-refractivity contribution in [3.63, 3.8) is 0 Å². The Morgan fingerprint density at radius 3 is 2.41 bits per heavy atom. The first-order valence-corrected chi connectivity index (χ1v) is 7.85. The zero-order valence-electron chi connectivity index (χ0n) is 13.3. The third-order valence-corrected chi connectivity index (χ3v) is 3.89. The van der Waals surface area contributed by atoms with E-state index in [0.29, 0.717) is 0 Å². The third kappa shape index (κ3) is 4.07. The van der Waals surface area contributed by atoms with Crippen molar-refractivity contribution in [3.8, 4) is 0 Å². The summed E-state index contributed by atoms with van der Waals surface area (Å²) in [4.78, 5) is 18.3. The molecule has 0 saturated heterocycles. The normalized spacial score (nSPS) is 10.4. The lowest BCUT2D eigenvalue weighted by Gasteiger charge is -2.20. The second-order valence-electron chi connectivity index (χ2n) is 5.54. The number of anilines is 2. The first kappa shape index (κ1) is 16.5. The molecule has 0 atom stereocenters. The van der Waals surface area contributed by atoms with Gasteiger partial charge in [0.05, 0.1) is 18.4 Å². The van der Waals surface area contributed by atoms with Crippen LogP contribution in [0.25, 0.3) is 0 Å². The molecule has 0 saturated carbocycles. The van der Waals surface area contributed by atoms with Crippen LogP contribution in [0, 0.1) is 20.8 Å². The molecule has 0 spiro atoms. The number of halogens is 1. The Labute approximate surface area is 139 Å². The van der Waals surface area contributed by atoms with E-state index in [-0.39, 0.29) is 12.5 Å². The number of carbonyl (C=O) groups is 1. The predicted molar refractivity (Wildman–Crippen MR) is 94.5 cm³/mol. The number of nitrogens with zero attached hydrogens (tertiary/aromatic N) is 2. The van der Waals surface area contributed by atoms with Crippen molar-refractivity contribution in [2.75, 3.05) is 23.8 Å². The number of hydrogen-bond acceptors (Lipinski definition) is 3. The fraction of sp³-hybridized carbons (Fsp3) is 0.294. The summed E-state index contributed by atoms with van der Waals surface area (Å²) in [7, 11) is 1.87. The van der Waals surface area contributed by atoms with Gasteiger partial charge in [-0.05, 0) is 53.9 Å². The lowest BCUT2D eigenvalue weighted by molar-refractivity contribution is -0.114. The lowest BCUT2D eigenvalue weighted by Crippen LogP contribution is -2.30. The van der Waals surface area contributed by atoms with Crippen LogP contribution >= 0.6 is 15.9 Å². The number of aromatic nitrogens is 1. The number of aryl methyl sites for hydroxylation is 3. The summed E-state index contributed by atoms with van der Waals surface area (Å²) in [5, 5.41) is 3.01. The molecular formula is C17H20BrN3O. The fourth-order valence-corrected chi connectivity index (χ4v) is 2.82. The van der Waals surface area contributed by atoms with Crippen LogP contribution in [0.1, 0.15) is 16.7 Å². The first-order chi connectivity index (χ1) is 10.4. The molecular weight excluding hydrogens is 342 g/mol. The summed E-state index contributed by atoms with van der Waals surface area (Å²) in [5.74, 6) is -0.0440. The van der Waals surface area contributed by atoms with Crippen LogP contribution in [0.5, 0.6) is 0 Å². The molecule has 1 aromatic heterocycles. The van der Waals surface area contributed by atoms with Crippen LogP contribution in [-0.2, 0) is 4.79 Å². The second kappa shape index (κ2) is 6.92. The largest absolute Gasteiger partial charge is 0.364 e. The fourth-order valence-electron chi connectivity index (χ4n) is 2.47. The van der Waals surface area contributed by atoms with Gasteiger partial charge in [-0.15, -0.1) is 0 Å². The van der Waals surface area contributed by atoms with Crippen LogP contribution in [0.2, 0.25) is 0 Å². The summed E-state index contributed by atoms with van der Waals surface area (Å²) < 4.78 is 0.891.